The van der Waals surface area contributed by atoms with E-state index in [0.29, 0.717) is 12.2 Å². The van der Waals surface area contributed by atoms with E-state index in [1.54, 1.807) is 35.3 Å². The number of aryl methyl sites for hydroxylation is 1. The van der Waals surface area contributed by atoms with Gasteiger partial charge in [0.15, 0.2) is 0 Å². The molecule has 0 aliphatic rings. The third kappa shape index (κ3) is 3.90. The minimum absolute atomic E-state index is 0.170. The highest BCUT2D eigenvalue weighted by molar-refractivity contribution is 7.89. The van der Waals surface area contributed by atoms with Gasteiger partial charge in [-0.1, -0.05) is 13.0 Å². The molecule has 114 valence electrons. The highest BCUT2D eigenvalue weighted by atomic mass is 32.2. The van der Waals surface area contributed by atoms with Crippen molar-refractivity contribution in [2.24, 2.45) is 0 Å². The van der Waals surface area contributed by atoms with Crippen LogP contribution in [0, 0.1) is 0 Å². The predicted octanol–water partition coefficient (Wildman–Crippen LogP) is 1.26. The van der Waals surface area contributed by atoms with Crippen LogP contribution in [-0.4, -0.2) is 23.1 Å². The van der Waals surface area contributed by atoms with E-state index in [0.717, 1.165) is 12.0 Å². The van der Waals surface area contributed by atoms with Crippen molar-refractivity contribution in [3.05, 3.63) is 48.0 Å². The quantitative estimate of drug-likeness (QED) is 0.806. The van der Waals surface area contributed by atoms with Gasteiger partial charge in [0.25, 0.3) is 0 Å². The van der Waals surface area contributed by atoms with Crippen molar-refractivity contribution in [1.82, 2.24) is 14.3 Å². The molecule has 0 atom stereocenters. The van der Waals surface area contributed by atoms with E-state index in [4.69, 9.17) is 0 Å². The number of aliphatic hydroxyl groups is 1. The first-order valence-corrected chi connectivity index (χ1v) is 8.23. The summed E-state index contributed by atoms with van der Waals surface area (Å²) in [6.07, 6.45) is 5.67. The molecule has 2 N–H and O–H groups in total. The Balaban J connectivity index is 2.15. The minimum atomic E-state index is -3.60. The van der Waals surface area contributed by atoms with Gasteiger partial charge in [-0.2, -0.15) is 0 Å². The van der Waals surface area contributed by atoms with Gasteiger partial charge in [-0.25, -0.2) is 13.1 Å². The highest BCUT2D eigenvalue weighted by Crippen LogP contribution is 2.15. The third-order valence-corrected chi connectivity index (χ3v) is 4.46. The molecule has 0 aliphatic carbocycles. The number of hydrogen-bond acceptors (Lipinski definition) is 4. The Hall–Kier alpha value is -1.70. The molecule has 6 nitrogen and oxygen atoms in total. The van der Waals surface area contributed by atoms with Crippen molar-refractivity contribution in [3.63, 3.8) is 0 Å². The van der Waals surface area contributed by atoms with E-state index >= 15 is 0 Å². The van der Waals surface area contributed by atoms with Crippen LogP contribution in [0.25, 0.3) is 0 Å². The maximum Gasteiger partial charge on any atom is 0.242 e. The zero-order valence-electron chi connectivity index (χ0n) is 11.9. The number of aromatic nitrogens is 2. The fourth-order valence-corrected chi connectivity index (χ4v) is 3.10. The molecule has 0 radical (unpaired) electrons. The molecule has 0 amide bonds. The summed E-state index contributed by atoms with van der Waals surface area (Å²) in [5.74, 6) is 0. The largest absolute Gasteiger partial charge is 0.390 e. The van der Waals surface area contributed by atoms with E-state index in [1.165, 1.54) is 6.07 Å². The van der Waals surface area contributed by atoms with Gasteiger partial charge < -0.3 is 9.67 Å². The van der Waals surface area contributed by atoms with Gasteiger partial charge in [-0.15, -0.1) is 0 Å². The van der Waals surface area contributed by atoms with Crippen molar-refractivity contribution in [2.45, 2.75) is 37.9 Å². The zero-order chi connectivity index (χ0) is 15.3. The second-order valence-electron chi connectivity index (χ2n) is 4.70. The van der Waals surface area contributed by atoms with Crippen molar-refractivity contribution in [2.75, 3.05) is 0 Å². The Morgan fingerprint density at radius 1 is 1.43 bits per heavy atom. The van der Waals surface area contributed by atoms with E-state index in [2.05, 4.69) is 9.71 Å². The summed E-state index contributed by atoms with van der Waals surface area (Å²) >= 11 is 0. The van der Waals surface area contributed by atoms with Gasteiger partial charge in [-0.3, -0.25) is 4.98 Å². The lowest BCUT2D eigenvalue weighted by Gasteiger charge is -2.05. The summed E-state index contributed by atoms with van der Waals surface area (Å²) < 4.78 is 28.8. The molecule has 21 heavy (non-hydrogen) atoms. The number of pyridine rings is 1. The van der Waals surface area contributed by atoms with Gasteiger partial charge in [0.05, 0.1) is 11.5 Å². The van der Waals surface area contributed by atoms with Crippen LogP contribution in [0.1, 0.15) is 24.6 Å². The Bertz CT molecular complexity index is 681. The summed E-state index contributed by atoms with van der Waals surface area (Å²) in [6, 6.07) is 5.06. The number of nitrogens with one attached hydrogen (secondary N) is 1. The lowest BCUT2D eigenvalue weighted by atomic mass is 10.3. The molecule has 0 aromatic carbocycles. The van der Waals surface area contributed by atoms with Crippen molar-refractivity contribution in [3.8, 4) is 0 Å². The summed E-state index contributed by atoms with van der Waals surface area (Å²) in [6.45, 7) is 2.67. The highest BCUT2D eigenvalue weighted by Gasteiger charge is 2.17. The van der Waals surface area contributed by atoms with E-state index in [9.17, 15) is 13.5 Å². The Morgan fingerprint density at radius 2 is 2.24 bits per heavy atom. The van der Waals surface area contributed by atoms with Gasteiger partial charge in [0.1, 0.15) is 0 Å². The molecule has 0 spiro atoms. The first-order valence-electron chi connectivity index (χ1n) is 6.75. The van der Waals surface area contributed by atoms with Crippen LogP contribution >= 0.6 is 0 Å². The number of rotatable bonds is 7. The molecule has 2 rings (SSSR count). The fraction of sp³-hybridized carbons (Fsp3) is 0.357. The number of sulfonamides is 1. The fourth-order valence-electron chi connectivity index (χ4n) is 2.02. The van der Waals surface area contributed by atoms with Gasteiger partial charge in [0.2, 0.25) is 10.0 Å². The molecule has 2 aromatic rings. The van der Waals surface area contributed by atoms with Crippen LogP contribution in [0.4, 0.5) is 0 Å². The average molecular weight is 309 g/mol. The van der Waals surface area contributed by atoms with Crippen LogP contribution in [-0.2, 0) is 29.7 Å². The van der Waals surface area contributed by atoms with Crippen LogP contribution in [0.2, 0.25) is 0 Å². The number of hydrogen-bond donors (Lipinski definition) is 2. The maximum atomic E-state index is 12.3. The molecule has 7 heteroatoms. The van der Waals surface area contributed by atoms with Crippen LogP contribution in [0.5, 0.6) is 0 Å². The standard InChI is InChI=1S/C14H19N3O3S/c1-2-6-17-10-14(7-13(17)11-18)21(19,20)16-9-12-4-3-5-15-8-12/h3-5,7-8,10,16,18H,2,6,9,11H2,1H3. The first kappa shape index (κ1) is 15.7. The lowest BCUT2D eigenvalue weighted by Crippen LogP contribution is -2.22. The minimum Gasteiger partial charge on any atom is -0.390 e. The molecular weight excluding hydrogens is 290 g/mol. The van der Waals surface area contributed by atoms with Gasteiger partial charge in [0, 0.05) is 37.4 Å². The number of aliphatic hydroxyl groups excluding tert-OH is 1. The summed E-state index contributed by atoms with van der Waals surface area (Å²) in [5, 5.41) is 9.29. The lowest BCUT2D eigenvalue weighted by molar-refractivity contribution is 0.270. The molecule has 0 fully saturated rings. The van der Waals surface area contributed by atoms with E-state index in [-0.39, 0.29) is 18.0 Å². The Labute approximate surface area is 124 Å². The van der Waals surface area contributed by atoms with Crippen molar-refractivity contribution in [1.29, 1.82) is 0 Å². The SMILES string of the molecule is CCCn1cc(S(=O)(=O)NCc2cccnc2)cc1CO. The predicted molar refractivity (Wildman–Crippen MR) is 78.9 cm³/mol. The smallest absolute Gasteiger partial charge is 0.242 e. The molecular formula is C14H19N3O3S. The number of nitrogens with zero attached hydrogens (tertiary/aromatic N) is 2. The molecule has 0 saturated carbocycles. The van der Waals surface area contributed by atoms with Gasteiger partial charge >= 0.3 is 0 Å². The van der Waals surface area contributed by atoms with Crippen LogP contribution < -0.4 is 4.72 Å². The van der Waals surface area contributed by atoms with E-state index in [1.807, 2.05) is 6.92 Å². The molecule has 0 aliphatic heterocycles. The molecule has 0 bridgehead atoms. The zero-order valence-corrected chi connectivity index (χ0v) is 12.7. The van der Waals surface area contributed by atoms with Gasteiger partial charge in [-0.05, 0) is 24.1 Å². The summed E-state index contributed by atoms with van der Waals surface area (Å²) in [5.41, 5.74) is 1.38. The topological polar surface area (TPSA) is 84.2 Å². The van der Waals surface area contributed by atoms with Crippen LogP contribution in [0.15, 0.2) is 41.7 Å². The van der Waals surface area contributed by atoms with Crippen molar-refractivity contribution < 1.29 is 13.5 Å². The Morgan fingerprint density at radius 3 is 2.86 bits per heavy atom. The molecule has 2 heterocycles. The molecule has 0 unspecified atom stereocenters. The normalized spacial score (nSPS) is 11.7. The third-order valence-electron chi connectivity index (χ3n) is 3.09. The first-order chi connectivity index (χ1) is 10.1. The summed E-state index contributed by atoms with van der Waals surface area (Å²) in [7, 11) is -3.60. The average Bonchev–Trinajstić information content (AvgIpc) is 2.91. The summed E-state index contributed by atoms with van der Waals surface area (Å²) in [4.78, 5) is 4.11. The monoisotopic (exact) mass is 309 g/mol. The van der Waals surface area contributed by atoms with Crippen molar-refractivity contribution >= 4 is 10.0 Å². The Kier molecular flexibility index (Phi) is 5.11. The maximum absolute atomic E-state index is 12.3. The van der Waals surface area contributed by atoms with E-state index < -0.39 is 10.0 Å². The molecule has 2 aromatic heterocycles. The van der Waals surface area contributed by atoms with Crippen LogP contribution in [0.3, 0.4) is 0 Å². The second kappa shape index (κ2) is 6.84. The second-order valence-corrected chi connectivity index (χ2v) is 6.47. The molecule has 0 saturated heterocycles.